The van der Waals surface area contributed by atoms with Gasteiger partial charge in [-0.05, 0) is 35.9 Å². The molecule has 5 rings (SSSR count). The van der Waals surface area contributed by atoms with Crippen molar-refractivity contribution in [3.05, 3.63) is 103 Å². The van der Waals surface area contributed by atoms with Gasteiger partial charge in [0, 0.05) is 23.2 Å². The van der Waals surface area contributed by atoms with E-state index in [9.17, 15) is 0 Å². The van der Waals surface area contributed by atoms with Crippen LogP contribution >= 0.6 is 0 Å². The number of nitrogens with zero attached hydrogens (tertiary/aromatic N) is 2. The number of rotatable bonds is 9. The van der Waals surface area contributed by atoms with Crippen LogP contribution in [-0.2, 0) is 6.54 Å². The van der Waals surface area contributed by atoms with E-state index in [-0.39, 0.29) is 0 Å². The molecule has 6 nitrogen and oxygen atoms in total. The Balaban J connectivity index is 1.78. The smallest absolute Gasteiger partial charge is 0.161 e. The lowest BCUT2D eigenvalue weighted by atomic mass is 10.0. The number of benzene rings is 4. The number of hydrogen-bond acceptors (Lipinski definition) is 5. The standard InChI is InChI=1S/C32H30N2O4/c1-35-26-17-15-22(19-28(26)37-3)21-34-31(24-13-9-6-10-14-24)30(23-11-7-5-8-12-23)33-32(34)25-16-18-27(36-2)29(20-25)38-4/h5-20H,21H2,1-4H3. The Morgan fingerprint density at radius 2 is 1.11 bits per heavy atom. The van der Waals surface area contributed by atoms with Crippen molar-refractivity contribution in [1.82, 2.24) is 9.55 Å². The third kappa shape index (κ3) is 4.81. The van der Waals surface area contributed by atoms with Crippen molar-refractivity contribution < 1.29 is 18.9 Å². The molecule has 38 heavy (non-hydrogen) atoms. The number of aromatic nitrogens is 2. The molecule has 0 spiro atoms. The SMILES string of the molecule is COc1ccc(Cn2c(-c3ccc(OC)c(OC)c3)nc(-c3ccccc3)c2-c2ccccc2)cc1OC. The van der Waals surface area contributed by atoms with Crippen molar-refractivity contribution in [2.24, 2.45) is 0 Å². The summed E-state index contributed by atoms with van der Waals surface area (Å²) in [5.41, 5.74) is 6.02. The van der Waals surface area contributed by atoms with E-state index in [2.05, 4.69) is 34.9 Å². The Kier molecular flexibility index (Phi) is 7.31. The van der Waals surface area contributed by atoms with Crippen molar-refractivity contribution in [3.8, 4) is 56.9 Å². The summed E-state index contributed by atoms with van der Waals surface area (Å²) in [7, 11) is 6.57. The molecular weight excluding hydrogens is 476 g/mol. The molecule has 0 fully saturated rings. The van der Waals surface area contributed by atoms with Gasteiger partial charge in [-0.25, -0.2) is 4.98 Å². The van der Waals surface area contributed by atoms with Crippen molar-refractivity contribution in [3.63, 3.8) is 0 Å². The Labute approximate surface area is 223 Å². The van der Waals surface area contributed by atoms with Gasteiger partial charge in [-0.3, -0.25) is 0 Å². The Bertz CT molecular complexity index is 1530. The third-order valence-electron chi connectivity index (χ3n) is 6.49. The van der Waals surface area contributed by atoms with Gasteiger partial charge >= 0.3 is 0 Å². The van der Waals surface area contributed by atoms with E-state index in [1.54, 1.807) is 28.4 Å². The summed E-state index contributed by atoms with van der Waals surface area (Å²) in [6.45, 7) is 0.564. The Morgan fingerprint density at radius 1 is 0.553 bits per heavy atom. The molecule has 0 saturated carbocycles. The van der Waals surface area contributed by atoms with Crippen LogP contribution in [0.2, 0.25) is 0 Å². The third-order valence-corrected chi connectivity index (χ3v) is 6.49. The molecule has 1 heterocycles. The maximum absolute atomic E-state index is 5.63. The molecule has 4 aromatic carbocycles. The van der Waals surface area contributed by atoms with Crippen LogP contribution in [0.5, 0.6) is 23.0 Å². The predicted molar refractivity (Wildman–Crippen MR) is 150 cm³/mol. The van der Waals surface area contributed by atoms with Crippen molar-refractivity contribution in [2.45, 2.75) is 6.54 Å². The van der Waals surface area contributed by atoms with Crippen LogP contribution < -0.4 is 18.9 Å². The first kappa shape index (κ1) is 25.0. The quantitative estimate of drug-likeness (QED) is 0.216. The van der Waals surface area contributed by atoms with Crippen molar-refractivity contribution in [2.75, 3.05) is 28.4 Å². The first-order valence-electron chi connectivity index (χ1n) is 12.3. The fourth-order valence-electron chi connectivity index (χ4n) is 4.65. The minimum absolute atomic E-state index is 0.564. The van der Waals surface area contributed by atoms with Gasteiger partial charge in [0.15, 0.2) is 23.0 Å². The molecule has 0 aliphatic carbocycles. The molecule has 1 aromatic heterocycles. The molecule has 0 unspecified atom stereocenters. The zero-order valence-corrected chi connectivity index (χ0v) is 22.0. The van der Waals surface area contributed by atoms with Gasteiger partial charge < -0.3 is 23.5 Å². The van der Waals surface area contributed by atoms with E-state index in [4.69, 9.17) is 23.9 Å². The summed E-state index contributed by atoms with van der Waals surface area (Å²) in [5.74, 6) is 3.50. The van der Waals surface area contributed by atoms with Crippen molar-refractivity contribution in [1.29, 1.82) is 0 Å². The topological polar surface area (TPSA) is 54.7 Å². The fraction of sp³-hybridized carbons (Fsp3) is 0.156. The average molecular weight is 507 g/mol. The van der Waals surface area contributed by atoms with Gasteiger partial charge in [-0.15, -0.1) is 0 Å². The van der Waals surface area contributed by atoms with E-state index in [0.717, 1.165) is 39.5 Å². The lowest BCUT2D eigenvalue weighted by molar-refractivity contribution is 0.354. The van der Waals surface area contributed by atoms with Gasteiger partial charge in [0.1, 0.15) is 5.82 Å². The molecule has 192 valence electrons. The monoisotopic (exact) mass is 506 g/mol. The van der Waals surface area contributed by atoms with Crippen LogP contribution in [-0.4, -0.2) is 38.0 Å². The fourth-order valence-corrected chi connectivity index (χ4v) is 4.65. The second-order valence-electron chi connectivity index (χ2n) is 8.71. The van der Waals surface area contributed by atoms with Gasteiger partial charge in [0.05, 0.1) is 39.8 Å². The summed E-state index contributed by atoms with van der Waals surface area (Å²) in [6, 6.07) is 32.5. The molecule has 0 atom stereocenters. The van der Waals surface area contributed by atoms with Crippen LogP contribution in [0.4, 0.5) is 0 Å². The van der Waals surface area contributed by atoms with E-state index in [0.29, 0.717) is 29.5 Å². The van der Waals surface area contributed by atoms with E-state index < -0.39 is 0 Å². The number of ether oxygens (including phenoxy) is 4. The van der Waals surface area contributed by atoms with E-state index in [1.807, 2.05) is 66.7 Å². The average Bonchev–Trinajstić information content (AvgIpc) is 3.36. The number of hydrogen-bond donors (Lipinski definition) is 0. The maximum Gasteiger partial charge on any atom is 0.161 e. The zero-order valence-electron chi connectivity index (χ0n) is 22.0. The molecule has 0 saturated heterocycles. The summed E-state index contributed by atoms with van der Waals surface area (Å²) in [6.07, 6.45) is 0. The molecule has 6 heteroatoms. The normalized spacial score (nSPS) is 10.7. The Morgan fingerprint density at radius 3 is 1.71 bits per heavy atom. The summed E-state index contributed by atoms with van der Waals surface area (Å²) in [4.78, 5) is 5.24. The molecule has 0 N–H and O–H groups in total. The second-order valence-corrected chi connectivity index (χ2v) is 8.71. The highest BCUT2D eigenvalue weighted by Crippen LogP contribution is 2.39. The highest BCUT2D eigenvalue weighted by atomic mass is 16.5. The second kappa shape index (κ2) is 11.1. The summed E-state index contributed by atoms with van der Waals surface area (Å²) < 4.78 is 24.4. The molecular formula is C32H30N2O4. The summed E-state index contributed by atoms with van der Waals surface area (Å²) in [5, 5.41) is 0. The molecule has 0 radical (unpaired) electrons. The van der Waals surface area contributed by atoms with Gasteiger partial charge in [-0.2, -0.15) is 0 Å². The summed E-state index contributed by atoms with van der Waals surface area (Å²) >= 11 is 0. The minimum atomic E-state index is 0.564. The van der Waals surface area contributed by atoms with Crippen LogP contribution in [0, 0.1) is 0 Å². The van der Waals surface area contributed by atoms with E-state index >= 15 is 0 Å². The lowest BCUT2D eigenvalue weighted by Crippen LogP contribution is -2.05. The van der Waals surface area contributed by atoms with Gasteiger partial charge in [0.2, 0.25) is 0 Å². The van der Waals surface area contributed by atoms with Crippen LogP contribution in [0.1, 0.15) is 5.56 Å². The van der Waals surface area contributed by atoms with Crippen LogP contribution in [0.15, 0.2) is 97.1 Å². The van der Waals surface area contributed by atoms with Gasteiger partial charge in [0.25, 0.3) is 0 Å². The van der Waals surface area contributed by atoms with Crippen LogP contribution in [0.25, 0.3) is 33.9 Å². The Hall–Kier alpha value is -4.71. The zero-order chi connectivity index (χ0) is 26.5. The number of methoxy groups -OCH3 is 4. The first-order valence-corrected chi connectivity index (χ1v) is 12.3. The lowest BCUT2D eigenvalue weighted by Gasteiger charge is -2.16. The van der Waals surface area contributed by atoms with Crippen LogP contribution in [0.3, 0.4) is 0 Å². The molecule has 5 aromatic rings. The minimum Gasteiger partial charge on any atom is -0.493 e. The maximum atomic E-state index is 5.63. The molecule has 0 amide bonds. The van der Waals surface area contributed by atoms with E-state index in [1.165, 1.54) is 0 Å². The van der Waals surface area contributed by atoms with Crippen molar-refractivity contribution >= 4 is 0 Å². The highest BCUT2D eigenvalue weighted by molar-refractivity contribution is 5.82. The molecule has 0 bridgehead atoms. The van der Waals surface area contributed by atoms with Gasteiger partial charge in [-0.1, -0.05) is 66.7 Å². The largest absolute Gasteiger partial charge is 0.493 e. The first-order chi connectivity index (χ1) is 18.7. The highest BCUT2D eigenvalue weighted by Gasteiger charge is 2.22. The number of imidazole rings is 1. The predicted octanol–water partition coefficient (Wildman–Crippen LogP) is 6.97. The molecule has 0 aliphatic rings. The molecule has 0 aliphatic heterocycles.